The van der Waals surface area contributed by atoms with Crippen LogP contribution < -0.4 is 0 Å². The quantitative estimate of drug-likeness (QED) is 0.652. The number of nitrogens with zero attached hydrogens (tertiary/aromatic N) is 1. The fraction of sp³-hybridized carbons (Fsp3) is 0.250. The monoisotopic (exact) mass is 167 g/mol. The van der Waals surface area contributed by atoms with Crippen molar-refractivity contribution < 1.29 is 14.6 Å². The summed E-state index contributed by atoms with van der Waals surface area (Å²) in [6.45, 7) is 0. The van der Waals surface area contributed by atoms with Crippen molar-refractivity contribution in [1.29, 1.82) is 0 Å². The molecule has 1 aromatic heterocycles. The number of ether oxygens (including phenoxy) is 1. The van der Waals surface area contributed by atoms with Crippen LogP contribution in [0.1, 0.15) is 5.56 Å². The zero-order chi connectivity index (χ0) is 8.97. The smallest absolute Gasteiger partial charge is 0.310 e. The van der Waals surface area contributed by atoms with Gasteiger partial charge in [0.2, 0.25) is 0 Å². The van der Waals surface area contributed by atoms with Crippen molar-refractivity contribution in [1.82, 2.24) is 4.98 Å². The lowest BCUT2D eigenvalue weighted by molar-refractivity contribution is -0.139. The van der Waals surface area contributed by atoms with Crippen LogP contribution >= 0.6 is 0 Å². The molecule has 0 aliphatic heterocycles. The van der Waals surface area contributed by atoms with Gasteiger partial charge in [0.25, 0.3) is 0 Å². The predicted molar refractivity (Wildman–Crippen MR) is 41.6 cm³/mol. The number of carbonyl (C=O) groups is 1. The zero-order valence-corrected chi connectivity index (χ0v) is 6.65. The van der Waals surface area contributed by atoms with Crippen LogP contribution in [-0.4, -0.2) is 23.2 Å². The molecule has 0 fully saturated rings. The molecule has 0 aromatic carbocycles. The predicted octanol–water partition coefficient (Wildman–Crippen LogP) is 0.503. The molecule has 64 valence electrons. The normalized spacial score (nSPS) is 9.42. The molecule has 4 nitrogen and oxygen atoms in total. The summed E-state index contributed by atoms with van der Waals surface area (Å²) in [6, 6.07) is 1.58. The molecule has 0 saturated carbocycles. The molecular formula is C8H9NO3. The fourth-order valence-electron chi connectivity index (χ4n) is 0.792. The molecule has 0 saturated heterocycles. The van der Waals surface area contributed by atoms with E-state index in [1.54, 1.807) is 6.07 Å². The number of methoxy groups -OCH3 is 1. The van der Waals surface area contributed by atoms with E-state index in [2.05, 4.69) is 9.72 Å². The van der Waals surface area contributed by atoms with Gasteiger partial charge in [0.1, 0.15) is 5.75 Å². The van der Waals surface area contributed by atoms with Gasteiger partial charge in [-0.15, -0.1) is 0 Å². The Morgan fingerprint density at radius 3 is 3.08 bits per heavy atom. The first-order valence-electron chi connectivity index (χ1n) is 3.42. The van der Waals surface area contributed by atoms with Crippen LogP contribution in [0.2, 0.25) is 0 Å². The maximum absolute atomic E-state index is 10.8. The molecule has 1 rings (SSSR count). The van der Waals surface area contributed by atoms with Gasteiger partial charge in [-0.1, -0.05) is 0 Å². The standard InChI is InChI=1S/C8H9NO3/c1-12-8(11)4-6-2-3-9-5-7(6)10/h2-3,5,10H,4H2,1H3. The van der Waals surface area contributed by atoms with E-state index in [1.165, 1.54) is 19.5 Å². The largest absolute Gasteiger partial charge is 0.506 e. The van der Waals surface area contributed by atoms with E-state index in [0.717, 1.165) is 0 Å². The summed E-state index contributed by atoms with van der Waals surface area (Å²) in [5.74, 6) is -0.362. The molecule has 1 N–H and O–H groups in total. The molecule has 0 radical (unpaired) electrons. The molecule has 0 unspecified atom stereocenters. The number of rotatable bonds is 2. The highest BCUT2D eigenvalue weighted by Crippen LogP contribution is 2.14. The minimum absolute atomic E-state index is 0.0166. The molecule has 0 aliphatic carbocycles. The lowest BCUT2D eigenvalue weighted by Gasteiger charge is -2.00. The third kappa shape index (κ3) is 1.95. The van der Waals surface area contributed by atoms with Gasteiger partial charge in [0.15, 0.2) is 0 Å². The van der Waals surface area contributed by atoms with Crippen molar-refractivity contribution in [3.05, 3.63) is 24.0 Å². The molecule has 0 amide bonds. The van der Waals surface area contributed by atoms with Gasteiger partial charge < -0.3 is 9.84 Å². The second-order valence-corrected chi connectivity index (χ2v) is 2.26. The third-order valence-corrected chi connectivity index (χ3v) is 1.45. The zero-order valence-electron chi connectivity index (χ0n) is 6.65. The first kappa shape index (κ1) is 8.52. The Labute approximate surface area is 69.8 Å². The number of pyridine rings is 1. The molecule has 0 spiro atoms. The highest BCUT2D eigenvalue weighted by Gasteiger charge is 2.06. The lowest BCUT2D eigenvalue weighted by atomic mass is 10.2. The minimum Gasteiger partial charge on any atom is -0.506 e. The van der Waals surface area contributed by atoms with Crippen molar-refractivity contribution in [2.45, 2.75) is 6.42 Å². The average Bonchev–Trinajstić information content (AvgIpc) is 2.09. The third-order valence-electron chi connectivity index (χ3n) is 1.45. The van der Waals surface area contributed by atoms with E-state index >= 15 is 0 Å². The second kappa shape index (κ2) is 3.71. The summed E-state index contributed by atoms with van der Waals surface area (Å²) in [7, 11) is 1.31. The Morgan fingerprint density at radius 1 is 1.75 bits per heavy atom. The Hall–Kier alpha value is -1.58. The van der Waals surface area contributed by atoms with Crippen molar-refractivity contribution in [3.8, 4) is 5.75 Å². The van der Waals surface area contributed by atoms with E-state index in [4.69, 9.17) is 0 Å². The topological polar surface area (TPSA) is 59.4 Å². The van der Waals surface area contributed by atoms with Crippen molar-refractivity contribution in [3.63, 3.8) is 0 Å². The summed E-state index contributed by atoms with van der Waals surface area (Å²) in [6.07, 6.45) is 2.88. The molecule has 4 heteroatoms. The van der Waals surface area contributed by atoms with Crippen LogP contribution in [-0.2, 0) is 16.0 Å². The molecule has 1 aromatic rings. The number of carbonyl (C=O) groups excluding carboxylic acids is 1. The molecule has 12 heavy (non-hydrogen) atoms. The molecule has 0 bridgehead atoms. The van der Waals surface area contributed by atoms with Crippen molar-refractivity contribution in [2.75, 3.05) is 7.11 Å². The fourth-order valence-corrected chi connectivity index (χ4v) is 0.792. The van der Waals surface area contributed by atoms with E-state index in [9.17, 15) is 9.90 Å². The highest BCUT2D eigenvalue weighted by molar-refractivity contribution is 5.73. The van der Waals surface area contributed by atoms with Crippen LogP contribution in [0.5, 0.6) is 5.75 Å². The van der Waals surface area contributed by atoms with Gasteiger partial charge in [-0.25, -0.2) is 0 Å². The van der Waals surface area contributed by atoms with E-state index < -0.39 is 0 Å². The van der Waals surface area contributed by atoms with Crippen molar-refractivity contribution >= 4 is 5.97 Å². The maximum atomic E-state index is 10.8. The van der Waals surface area contributed by atoms with E-state index in [-0.39, 0.29) is 18.1 Å². The summed E-state index contributed by atoms with van der Waals surface area (Å²) >= 11 is 0. The molecule has 1 heterocycles. The van der Waals surface area contributed by atoms with Gasteiger partial charge in [-0.05, 0) is 6.07 Å². The maximum Gasteiger partial charge on any atom is 0.310 e. The Kier molecular flexibility index (Phi) is 2.63. The van der Waals surface area contributed by atoms with Gasteiger partial charge in [0, 0.05) is 11.8 Å². The number of aromatic nitrogens is 1. The van der Waals surface area contributed by atoms with Gasteiger partial charge in [0.05, 0.1) is 19.7 Å². The first-order chi connectivity index (χ1) is 5.74. The number of hydrogen-bond acceptors (Lipinski definition) is 4. The Morgan fingerprint density at radius 2 is 2.50 bits per heavy atom. The Bertz CT molecular complexity index is 285. The first-order valence-corrected chi connectivity index (χ1v) is 3.42. The van der Waals surface area contributed by atoms with Crippen LogP contribution in [0.25, 0.3) is 0 Å². The number of hydrogen-bond donors (Lipinski definition) is 1. The van der Waals surface area contributed by atoms with E-state index in [0.29, 0.717) is 5.56 Å². The van der Waals surface area contributed by atoms with E-state index in [1.807, 2.05) is 0 Å². The Balaban J connectivity index is 2.75. The summed E-state index contributed by atoms with van der Waals surface area (Å²) in [5, 5.41) is 9.18. The van der Waals surface area contributed by atoms with Gasteiger partial charge >= 0.3 is 5.97 Å². The highest BCUT2D eigenvalue weighted by atomic mass is 16.5. The summed E-state index contributed by atoms with van der Waals surface area (Å²) in [4.78, 5) is 14.5. The number of esters is 1. The summed E-state index contributed by atoms with van der Waals surface area (Å²) < 4.78 is 4.44. The van der Waals surface area contributed by atoms with Gasteiger partial charge in [-0.3, -0.25) is 9.78 Å². The average molecular weight is 167 g/mol. The van der Waals surface area contributed by atoms with Crippen LogP contribution in [0.15, 0.2) is 18.5 Å². The van der Waals surface area contributed by atoms with Crippen LogP contribution in [0.3, 0.4) is 0 Å². The van der Waals surface area contributed by atoms with Gasteiger partial charge in [-0.2, -0.15) is 0 Å². The SMILES string of the molecule is COC(=O)Cc1ccncc1O. The summed E-state index contributed by atoms with van der Waals surface area (Å²) in [5.41, 5.74) is 0.525. The molecule has 0 atom stereocenters. The van der Waals surface area contributed by atoms with Crippen molar-refractivity contribution in [2.24, 2.45) is 0 Å². The molecule has 0 aliphatic rings. The second-order valence-electron chi connectivity index (χ2n) is 2.26. The van der Waals surface area contributed by atoms with Crippen LogP contribution in [0.4, 0.5) is 0 Å². The lowest BCUT2D eigenvalue weighted by Crippen LogP contribution is -2.04. The van der Waals surface area contributed by atoms with Crippen LogP contribution in [0, 0.1) is 0 Å². The molecular weight excluding hydrogens is 158 g/mol. The minimum atomic E-state index is -0.378. The number of aromatic hydroxyl groups is 1.